The van der Waals surface area contributed by atoms with E-state index in [0.29, 0.717) is 41.1 Å². The molecule has 150 valence electrons. The van der Waals surface area contributed by atoms with Gasteiger partial charge in [0.05, 0.1) is 35.2 Å². The zero-order valence-electron chi connectivity index (χ0n) is 15.6. The molecule has 0 unspecified atom stereocenters. The van der Waals surface area contributed by atoms with Gasteiger partial charge in [-0.3, -0.25) is 24.2 Å². The van der Waals surface area contributed by atoms with Crippen LogP contribution >= 0.6 is 11.6 Å². The number of benzene rings is 2. The Morgan fingerprint density at radius 2 is 1.86 bits per heavy atom. The van der Waals surface area contributed by atoms with E-state index in [4.69, 9.17) is 21.1 Å². The van der Waals surface area contributed by atoms with Crippen LogP contribution in [0.1, 0.15) is 10.4 Å². The molecule has 2 aliphatic heterocycles. The monoisotopic (exact) mass is 415 g/mol. The molecule has 2 amide bonds. The Balaban J connectivity index is 1.47. The Hall–Kier alpha value is -3.10. The number of likely N-dealkylation sites (N-methyl/N-ethyl adjacent to an activating group) is 1. The molecule has 0 bridgehead atoms. The van der Waals surface area contributed by atoms with Crippen molar-refractivity contribution < 1.29 is 23.9 Å². The zero-order valence-corrected chi connectivity index (χ0v) is 16.4. The van der Waals surface area contributed by atoms with E-state index in [2.05, 4.69) is 5.32 Å². The van der Waals surface area contributed by atoms with Crippen LogP contribution < -0.4 is 19.7 Å². The second kappa shape index (κ2) is 7.73. The summed E-state index contributed by atoms with van der Waals surface area (Å²) in [7, 11) is 1.68. The molecule has 2 aliphatic rings. The summed E-state index contributed by atoms with van der Waals surface area (Å²) >= 11 is 6.05. The molecule has 2 heterocycles. The highest BCUT2D eigenvalue weighted by molar-refractivity contribution is 6.52. The van der Waals surface area contributed by atoms with Gasteiger partial charge in [-0.2, -0.15) is 0 Å². The Morgan fingerprint density at radius 1 is 1.17 bits per heavy atom. The lowest BCUT2D eigenvalue weighted by Gasteiger charge is -2.25. The lowest BCUT2D eigenvalue weighted by molar-refractivity contribution is -0.118. The maximum atomic E-state index is 12.5. The van der Waals surface area contributed by atoms with E-state index >= 15 is 0 Å². The number of carbonyl (C=O) groups is 3. The fraction of sp³-hybridized carbons (Fsp3) is 0.250. The van der Waals surface area contributed by atoms with Gasteiger partial charge in [-0.1, -0.05) is 23.7 Å². The van der Waals surface area contributed by atoms with Crippen LogP contribution in [0.4, 0.5) is 11.4 Å². The Kier molecular flexibility index (Phi) is 5.12. The van der Waals surface area contributed by atoms with Crippen molar-refractivity contribution in [1.82, 2.24) is 4.90 Å². The minimum Gasteiger partial charge on any atom is -0.486 e. The van der Waals surface area contributed by atoms with E-state index in [1.165, 1.54) is 11.0 Å². The largest absolute Gasteiger partial charge is 0.486 e. The summed E-state index contributed by atoms with van der Waals surface area (Å²) < 4.78 is 11.0. The lowest BCUT2D eigenvalue weighted by atomic mass is 10.1. The average Bonchev–Trinajstić information content (AvgIpc) is 2.92. The number of fused-ring (bicyclic) bond motifs is 2. The third-order valence-electron chi connectivity index (χ3n) is 4.58. The molecule has 0 radical (unpaired) electrons. The predicted octanol–water partition coefficient (Wildman–Crippen LogP) is 2.17. The van der Waals surface area contributed by atoms with Gasteiger partial charge in [0.1, 0.15) is 13.2 Å². The van der Waals surface area contributed by atoms with Crippen LogP contribution in [-0.4, -0.2) is 56.0 Å². The molecular formula is C20H18ClN3O5. The average molecular weight is 416 g/mol. The number of nitrogens with zero attached hydrogens (tertiary/aromatic N) is 2. The van der Waals surface area contributed by atoms with Crippen molar-refractivity contribution in [2.75, 3.05) is 43.7 Å². The number of anilines is 2. The highest BCUT2D eigenvalue weighted by atomic mass is 35.5. The molecule has 4 rings (SSSR count). The van der Waals surface area contributed by atoms with Crippen molar-refractivity contribution >= 4 is 40.6 Å². The molecule has 0 saturated carbocycles. The Labute approximate surface area is 171 Å². The highest BCUT2D eigenvalue weighted by Crippen LogP contribution is 2.40. The van der Waals surface area contributed by atoms with Crippen molar-refractivity contribution in [3.05, 3.63) is 47.0 Å². The van der Waals surface area contributed by atoms with E-state index in [-0.39, 0.29) is 24.7 Å². The van der Waals surface area contributed by atoms with Gasteiger partial charge in [0.25, 0.3) is 5.78 Å². The number of ether oxygens (including phenoxy) is 2. The van der Waals surface area contributed by atoms with Gasteiger partial charge in [0.2, 0.25) is 5.91 Å². The van der Waals surface area contributed by atoms with Crippen molar-refractivity contribution in [3.8, 4) is 11.5 Å². The molecule has 8 nitrogen and oxygen atoms in total. The normalized spacial score (nSPS) is 14.9. The summed E-state index contributed by atoms with van der Waals surface area (Å²) in [4.78, 5) is 40.1. The smallest absolute Gasteiger partial charge is 0.300 e. The van der Waals surface area contributed by atoms with Crippen LogP contribution in [0, 0.1) is 0 Å². The van der Waals surface area contributed by atoms with Crippen LogP contribution in [0.15, 0.2) is 36.4 Å². The van der Waals surface area contributed by atoms with Crippen LogP contribution in [0.2, 0.25) is 5.02 Å². The highest BCUT2D eigenvalue weighted by Gasteiger charge is 2.38. The molecular weight excluding hydrogens is 398 g/mol. The molecule has 29 heavy (non-hydrogen) atoms. The minimum atomic E-state index is -0.652. The molecule has 1 N–H and O–H groups in total. The summed E-state index contributed by atoms with van der Waals surface area (Å²) in [6.45, 7) is 0.854. The first-order valence-corrected chi connectivity index (χ1v) is 9.34. The molecule has 2 aromatic carbocycles. The van der Waals surface area contributed by atoms with Gasteiger partial charge in [-0.15, -0.1) is 0 Å². The number of halogens is 1. The van der Waals surface area contributed by atoms with E-state index in [0.717, 1.165) is 0 Å². The third kappa shape index (κ3) is 3.76. The molecule has 9 heteroatoms. The van der Waals surface area contributed by atoms with Gasteiger partial charge in [-0.05, 0) is 25.2 Å². The first-order chi connectivity index (χ1) is 13.9. The number of carbonyl (C=O) groups excluding carboxylic acids is 3. The summed E-state index contributed by atoms with van der Waals surface area (Å²) in [6, 6.07) is 10.1. The van der Waals surface area contributed by atoms with Crippen molar-refractivity contribution in [3.63, 3.8) is 0 Å². The van der Waals surface area contributed by atoms with E-state index in [1.54, 1.807) is 42.3 Å². The Bertz CT molecular complexity index is 1010. The lowest BCUT2D eigenvalue weighted by Crippen LogP contribution is -2.42. The van der Waals surface area contributed by atoms with E-state index in [1.807, 2.05) is 0 Å². The number of hydrogen-bond donors (Lipinski definition) is 1. The second-order valence-corrected chi connectivity index (χ2v) is 7.17. The number of para-hydroxylation sites is 1. The maximum Gasteiger partial charge on any atom is 0.300 e. The van der Waals surface area contributed by atoms with Crippen molar-refractivity contribution in [2.24, 2.45) is 0 Å². The summed E-state index contributed by atoms with van der Waals surface area (Å²) in [6.07, 6.45) is 0. The van der Waals surface area contributed by atoms with Gasteiger partial charge in [0, 0.05) is 6.07 Å². The van der Waals surface area contributed by atoms with Crippen molar-refractivity contribution in [1.29, 1.82) is 0 Å². The molecule has 0 fully saturated rings. The molecule has 2 aromatic rings. The summed E-state index contributed by atoms with van der Waals surface area (Å²) in [5.41, 5.74) is 1.23. The molecule has 0 aliphatic carbocycles. The zero-order chi connectivity index (χ0) is 20.5. The fourth-order valence-electron chi connectivity index (χ4n) is 3.26. The first-order valence-electron chi connectivity index (χ1n) is 8.97. The van der Waals surface area contributed by atoms with Crippen LogP contribution in [0.5, 0.6) is 11.5 Å². The number of amides is 2. The van der Waals surface area contributed by atoms with Crippen LogP contribution in [0.25, 0.3) is 0 Å². The second-order valence-electron chi connectivity index (χ2n) is 6.76. The first kappa shape index (κ1) is 19.2. The maximum absolute atomic E-state index is 12.5. The Morgan fingerprint density at radius 3 is 2.59 bits per heavy atom. The van der Waals surface area contributed by atoms with Gasteiger partial charge >= 0.3 is 5.91 Å². The topological polar surface area (TPSA) is 88.2 Å². The number of hydrogen-bond acceptors (Lipinski definition) is 6. The summed E-state index contributed by atoms with van der Waals surface area (Å²) in [5, 5.41) is 3.16. The number of ketones is 1. The number of rotatable bonds is 5. The molecule has 0 spiro atoms. The fourth-order valence-corrected chi connectivity index (χ4v) is 3.44. The van der Waals surface area contributed by atoms with E-state index < -0.39 is 11.7 Å². The third-order valence-corrected chi connectivity index (χ3v) is 4.91. The number of Topliss-reactive ketones (excluding diaryl/α,β-unsaturated/α-hetero) is 1. The quantitative estimate of drug-likeness (QED) is 0.753. The van der Waals surface area contributed by atoms with Gasteiger partial charge < -0.3 is 14.8 Å². The van der Waals surface area contributed by atoms with Gasteiger partial charge in [-0.25, -0.2) is 0 Å². The number of nitrogens with one attached hydrogen (secondary N) is 1. The SMILES string of the molecule is CN(CC(=O)Nc1ccccc1Cl)CN1C(=O)C(=O)c2cc3c(cc21)OCCO3. The molecule has 0 aromatic heterocycles. The predicted molar refractivity (Wildman–Crippen MR) is 107 cm³/mol. The van der Waals surface area contributed by atoms with Crippen LogP contribution in [-0.2, 0) is 9.59 Å². The standard InChI is InChI=1S/C20H18ClN3O5/c1-23(10-18(25)22-14-5-3-2-4-13(14)21)11-24-15-9-17-16(28-6-7-29-17)8-12(15)19(26)20(24)27/h2-5,8-9H,6-7,10-11H2,1H3,(H,22,25). The van der Waals surface area contributed by atoms with Gasteiger partial charge in [0.15, 0.2) is 11.5 Å². The van der Waals surface area contributed by atoms with E-state index in [9.17, 15) is 14.4 Å². The minimum absolute atomic E-state index is 0.00305. The van der Waals surface area contributed by atoms with Crippen LogP contribution in [0.3, 0.4) is 0 Å². The molecule has 0 saturated heterocycles. The molecule has 0 atom stereocenters. The van der Waals surface area contributed by atoms with Crippen molar-refractivity contribution in [2.45, 2.75) is 0 Å². The summed E-state index contributed by atoms with van der Waals surface area (Å²) in [5.74, 6) is -0.611.